The summed E-state index contributed by atoms with van der Waals surface area (Å²) in [6.07, 6.45) is 11.5. The number of rotatable bonds is 2. The second-order valence-corrected chi connectivity index (χ2v) is 15.0. The van der Waals surface area contributed by atoms with Gasteiger partial charge in [0.25, 0.3) is 0 Å². The van der Waals surface area contributed by atoms with Crippen LogP contribution in [0.15, 0.2) is 0 Å². The van der Waals surface area contributed by atoms with Gasteiger partial charge in [0.05, 0.1) is 18.8 Å². The molecular formula is C31H46NO4. The molecule has 1 amide bonds. The van der Waals surface area contributed by atoms with Crippen molar-refractivity contribution < 1.29 is 19.7 Å². The molecule has 0 bridgehead atoms. The van der Waals surface area contributed by atoms with E-state index < -0.39 is 6.10 Å². The predicted octanol–water partition coefficient (Wildman–Crippen LogP) is 5.07. The molecule has 7 rings (SSSR count). The highest BCUT2D eigenvalue weighted by molar-refractivity contribution is 5.78. The predicted molar refractivity (Wildman–Crippen MR) is 137 cm³/mol. The summed E-state index contributed by atoms with van der Waals surface area (Å²) in [4.78, 5) is 14.2. The molecule has 0 aromatic heterocycles. The zero-order valence-electron chi connectivity index (χ0n) is 23.0. The van der Waals surface area contributed by atoms with Gasteiger partial charge >= 0.3 is 0 Å². The van der Waals surface area contributed by atoms with Gasteiger partial charge in [-0.15, -0.1) is 0 Å². The fraction of sp³-hybridized carbons (Fsp3) is 0.871. The summed E-state index contributed by atoms with van der Waals surface area (Å²) in [6, 6.07) is 0. The van der Waals surface area contributed by atoms with Crippen LogP contribution in [0, 0.1) is 63.0 Å². The van der Waals surface area contributed by atoms with Gasteiger partial charge in [0.15, 0.2) is 0 Å². The van der Waals surface area contributed by atoms with E-state index in [0.717, 1.165) is 63.7 Å². The lowest BCUT2D eigenvalue weighted by Crippen LogP contribution is -2.58. The largest absolute Gasteiger partial charge is 0.393 e. The average Bonchev–Trinajstić information content (AvgIpc) is 3.27. The first-order valence-electron chi connectivity index (χ1n) is 14.8. The smallest absolute Gasteiger partial charge is 0.222 e. The molecule has 5 nitrogen and oxygen atoms in total. The summed E-state index contributed by atoms with van der Waals surface area (Å²) in [7, 11) is 0. The molecule has 199 valence electrons. The molecule has 5 aliphatic carbocycles. The maximum absolute atomic E-state index is 12.3. The number of carbonyl (C=O) groups is 1. The molecule has 2 aliphatic heterocycles. The molecular weight excluding hydrogens is 450 g/mol. The lowest BCUT2D eigenvalue weighted by atomic mass is 9.41. The molecule has 7 aliphatic rings. The van der Waals surface area contributed by atoms with Gasteiger partial charge in [0, 0.05) is 24.3 Å². The van der Waals surface area contributed by atoms with Gasteiger partial charge in [-0.2, -0.15) is 0 Å². The molecule has 0 aromatic rings. The van der Waals surface area contributed by atoms with E-state index in [9.17, 15) is 15.0 Å². The number of fused-ring (bicyclic) bond motifs is 4. The number of carbonyl (C=O) groups excluding carboxylic acids is 1. The fourth-order valence-electron chi connectivity index (χ4n) is 11.7. The van der Waals surface area contributed by atoms with Gasteiger partial charge in [-0.1, -0.05) is 34.6 Å². The van der Waals surface area contributed by atoms with Gasteiger partial charge in [-0.25, -0.2) is 0 Å². The van der Waals surface area contributed by atoms with Gasteiger partial charge in [-0.3, -0.25) is 4.79 Å². The maximum atomic E-state index is 12.3. The second-order valence-electron chi connectivity index (χ2n) is 15.0. The van der Waals surface area contributed by atoms with Crippen molar-refractivity contribution in [1.29, 1.82) is 0 Å². The van der Waals surface area contributed by atoms with Crippen molar-refractivity contribution in [3.05, 3.63) is 18.1 Å². The van der Waals surface area contributed by atoms with Crippen LogP contribution in [-0.4, -0.2) is 46.3 Å². The van der Waals surface area contributed by atoms with Crippen molar-refractivity contribution in [1.82, 2.24) is 4.90 Å². The number of hydrogen-bond donors (Lipinski definition) is 2. The third-order valence-electron chi connectivity index (χ3n) is 13.6. The van der Waals surface area contributed by atoms with Crippen LogP contribution in [0.4, 0.5) is 0 Å². The van der Waals surface area contributed by atoms with Crippen LogP contribution in [-0.2, 0) is 9.53 Å². The monoisotopic (exact) mass is 496 g/mol. The Morgan fingerprint density at radius 1 is 1.06 bits per heavy atom. The summed E-state index contributed by atoms with van der Waals surface area (Å²) in [5.41, 5.74) is 0.269. The standard InChI is InChI=1S/C31H46NO4/c1-18-15-19(16-32-14-6-7-23(32)34)36-25-24(18)28(4)12-13-31-17-30(31)11-10-22(33)27(2,3)20(30)8-9-21(31)29(28,5)26(25)35/h18,20,22,24,26,33,35H,6-17H2,1-5H3/t18-,20+,22?,24+,26+,28-,29-,30-,31+/m1/s1. The van der Waals surface area contributed by atoms with Gasteiger partial charge in [0.2, 0.25) is 5.91 Å². The lowest BCUT2D eigenvalue weighted by molar-refractivity contribution is -0.129. The van der Waals surface area contributed by atoms with E-state index in [-0.39, 0.29) is 39.6 Å². The summed E-state index contributed by atoms with van der Waals surface area (Å²) < 4.78 is 6.65. The highest BCUT2D eigenvalue weighted by Gasteiger charge is 2.85. The first kappa shape index (κ1) is 24.4. The minimum Gasteiger partial charge on any atom is -0.393 e. The number of aliphatic hydroxyl groups excluding tert-OH is 2. The quantitative estimate of drug-likeness (QED) is 0.560. The summed E-state index contributed by atoms with van der Waals surface area (Å²) in [5, 5.41) is 23.1. The van der Waals surface area contributed by atoms with Crippen LogP contribution >= 0.6 is 0 Å². The topological polar surface area (TPSA) is 70.0 Å². The van der Waals surface area contributed by atoms with Crippen molar-refractivity contribution in [2.24, 2.45) is 44.8 Å². The molecule has 2 heterocycles. The van der Waals surface area contributed by atoms with Crippen LogP contribution < -0.4 is 0 Å². The number of likely N-dealkylation sites (tertiary alicyclic amines) is 1. The van der Waals surface area contributed by atoms with E-state index in [1.807, 2.05) is 4.90 Å². The molecule has 1 unspecified atom stereocenters. The van der Waals surface area contributed by atoms with Crippen LogP contribution in [0.2, 0.25) is 0 Å². The van der Waals surface area contributed by atoms with Crippen LogP contribution in [0.25, 0.3) is 0 Å². The maximum Gasteiger partial charge on any atom is 0.222 e. The van der Waals surface area contributed by atoms with E-state index in [2.05, 4.69) is 34.6 Å². The van der Waals surface area contributed by atoms with Crippen LogP contribution in [0.3, 0.4) is 0 Å². The highest BCUT2D eigenvalue weighted by Crippen LogP contribution is 2.90. The molecule has 2 saturated heterocycles. The Bertz CT molecular complexity index is 966. The zero-order valence-corrected chi connectivity index (χ0v) is 23.0. The first-order chi connectivity index (χ1) is 16.9. The van der Waals surface area contributed by atoms with Gasteiger partial charge in [-0.05, 0) is 97.2 Å². The number of aliphatic hydroxyl groups is 2. The number of nitrogens with zero attached hydrogens (tertiary/aromatic N) is 1. The Morgan fingerprint density at radius 2 is 1.83 bits per heavy atom. The number of amides is 1. The third-order valence-corrected chi connectivity index (χ3v) is 13.6. The summed E-state index contributed by atoms with van der Waals surface area (Å²) in [6.45, 7) is 13.2. The Labute approximate surface area is 217 Å². The van der Waals surface area contributed by atoms with E-state index >= 15 is 0 Å². The van der Waals surface area contributed by atoms with E-state index in [4.69, 9.17) is 4.74 Å². The molecule has 0 aromatic carbocycles. The summed E-state index contributed by atoms with van der Waals surface area (Å²) in [5.74, 6) is 3.13. The van der Waals surface area contributed by atoms with Gasteiger partial charge in [0.1, 0.15) is 12.2 Å². The van der Waals surface area contributed by atoms with Crippen molar-refractivity contribution in [3.8, 4) is 0 Å². The summed E-state index contributed by atoms with van der Waals surface area (Å²) >= 11 is 0. The Balaban J connectivity index is 1.20. The van der Waals surface area contributed by atoms with E-state index in [0.29, 0.717) is 30.2 Å². The Kier molecular flexibility index (Phi) is 4.95. The zero-order chi connectivity index (χ0) is 25.5. The van der Waals surface area contributed by atoms with E-state index in [1.165, 1.54) is 12.8 Å². The van der Waals surface area contributed by atoms with Crippen LogP contribution in [0.5, 0.6) is 0 Å². The SMILES string of the molecule is C[C@@H]1C[C](CN2CCCC2=O)O[C]2[C@H]1[C@@]1(C)CC[C@@]34C[C@@]35CCC(O)C(C)(C)[C@@H]5CC[C]4[C@]1(C)[C@H]2O. The number of ether oxygens (including phenoxy) is 1. The molecule has 36 heavy (non-hydrogen) atoms. The Morgan fingerprint density at radius 3 is 2.56 bits per heavy atom. The molecule has 5 heteroatoms. The molecule has 3 radical (unpaired) electrons. The van der Waals surface area contributed by atoms with Crippen LogP contribution in [0.1, 0.15) is 98.8 Å². The van der Waals surface area contributed by atoms with Crippen molar-refractivity contribution in [3.63, 3.8) is 0 Å². The van der Waals surface area contributed by atoms with Crippen molar-refractivity contribution in [2.45, 2.75) is 111 Å². The third kappa shape index (κ3) is 2.62. The fourth-order valence-corrected chi connectivity index (χ4v) is 11.7. The normalized spacial score (nSPS) is 54.5. The van der Waals surface area contributed by atoms with Gasteiger partial charge < -0.3 is 19.8 Å². The molecule has 5 saturated carbocycles. The first-order valence-corrected chi connectivity index (χ1v) is 14.8. The van der Waals surface area contributed by atoms with E-state index in [1.54, 1.807) is 5.92 Å². The number of hydrogen-bond acceptors (Lipinski definition) is 4. The molecule has 2 spiro atoms. The van der Waals surface area contributed by atoms with Crippen molar-refractivity contribution >= 4 is 5.91 Å². The minimum absolute atomic E-state index is 0.00292. The minimum atomic E-state index is -0.580. The van der Waals surface area contributed by atoms with Crippen molar-refractivity contribution in [2.75, 3.05) is 13.1 Å². The molecule has 2 N–H and O–H groups in total. The average molecular weight is 497 g/mol. The lowest BCUT2D eigenvalue weighted by Gasteiger charge is -2.63. The Hall–Kier alpha value is -0.650. The molecule has 9 atom stereocenters. The highest BCUT2D eigenvalue weighted by atomic mass is 16.5. The second kappa shape index (κ2) is 7.30. The molecule has 7 fully saturated rings.